The van der Waals surface area contributed by atoms with Crippen molar-refractivity contribution in [1.29, 1.82) is 0 Å². The number of rotatable bonds is 6. The molecule has 0 spiro atoms. The third-order valence-electron chi connectivity index (χ3n) is 5.09. The molecule has 31 heavy (non-hydrogen) atoms. The molecule has 1 atom stereocenters. The van der Waals surface area contributed by atoms with E-state index < -0.39 is 0 Å². The number of benzene rings is 2. The average Bonchev–Trinajstić information content (AvgIpc) is 3.10. The lowest BCUT2D eigenvalue weighted by Crippen LogP contribution is -2.22. The zero-order valence-electron chi connectivity index (χ0n) is 17.4. The van der Waals surface area contributed by atoms with Crippen molar-refractivity contribution >= 4 is 23.2 Å². The third kappa shape index (κ3) is 4.59. The predicted octanol–water partition coefficient (Wildman–Crippen LogP) is 4.52. The van der Waals surface area contributed by atoms with Gasteiger partial charge in [-0.3, -0.25) is 9.59 Å². The minimum atomic E-state index is -0.347. The topological polar surface area (TPSA) is 69.6 Å². The van der Waals surface area contributed by atoms with Crippen LogP contribution in [0.5, 0.6) is 11.5 Å². The van der Waals surface area contributed by atoms with Crippen molar-refractivity contribution in [3.63, 3.8) is 0 Å². The summed E-state index contributed by atoms with van der Waals surface area (Å²) in [7, 11) is 0. The van der Waals surface area contributed by atoms with Crippen LogP contribution in [0, 0.1) is 0 Å². The number of ether oxygens (including phenoxy) is 2. The normalized spacial score (nSPS) is 14.6. The lowest BCUT2D eigenvalue weighted by molar-refractivity contribution is 0.102. The summed E-state index contributed by atoms with van der Waals surface area (Å²) in [5.74, 6) is 0.992. The first-order valence-corrected chi connectivity index (χ1v) is 10.5. The second-order valence-electron chi connectivity index (χ2n) is 7.45. The number of hydrogen-bond acceptors (Lipinski definition) is 4. The number of hydrogen-bond donors (Lipinski definition) is 1. The number of carbonyl (C=O) groups excluding carboxylic acids is 1. The van der Waals surface area contributed by atoms with Crippen molar-refractivity contribution in [2.24, 2.45) is 0 Å². The van der Waals surface area contributed by atoms with Crippen LogP contribution in [0.2, 0.25) is 5.02 Å². The number of carbonyl (C=O) groups is 1. The smallest absolute Gasteiger partial charge is 0.257 e. The predicted molar refractivity (Wildman–Crippen MR) is 121 cm³/mol. The molecule has 1 aromatic heterocycles. The van der Waals surface area contributed by atoms with E-state index in [1.54, 1.807) is 12.1 Å². The Bertz CT molecular complexity index is 1190. The highest BCUT2D eigenvalue weighted by molar-refractivity contribution is 6.31. The van der Waals surface area contributed by atoms with Gasteiger partial charge in [-0.2, -0.15) is 0 Å². The summed E-state index contributed by atoms with van der Waals surface area (Å²) in [6.07, 6.45) is 2.42. The van der Waals surface area contributed by atoms with Crippen LogP contribution >= 0.6 is 11.6 Å². The van der Waals surface area contributed by atoms with E-state index >= 15 is 0 Å². The van der Waals surface area contributed by atoms with Gasteiger partial charge in [0.15, 0.2) is 0 Å². The van der Waals surface area contributed by atoms with Crippen molar-refractivity contribution in [3.05, 3.63) is 86.8 Å². The number of anilines is 1. The largest absolute Gasteiger partial charge is 0.492 e. The Morgan fingerprint density at radius 3 is 2.84 bits per heavy atom. The van der Waals surface area contributed by atoms with Gasteiger partial charge < -0.3 is 19.4 Å². The van der Waals surface area contributed by atoms with E-state index in [2.05, 4.69) is 5.32 Å². The van der Waals surface area contributed by atoms with Gasteiger partial charge in [0, 0.05) is 35.3 Å². The SMILES string of the molecule is CCOc1cc2c(cc1NC(=O)c1ccc(=O)n(Cc3ccccc3Cl)c1)OC(C)C2. The van der Waals surface area contributed by atoms with Gasteiger partial charge >= 0.3 is 0 Å². The van der Waals surface area contributed by atoms with Crippen LogP contribution in [0.25, 0.3) is 0 Å². The van der Waals surface area contributed by atoms with E-state index in [1.165, 1.54) is 22.9 Å². The number of nitrogens with zero attached hydrogens (tertiary/aromatic N) is 1. The van der Waals surface area contributed by atoms with Crippen molar-refractivity contribution in [2.75, 3.05) is 11.9 Å². The van der Waals surface area contributed by atoms with Crippen LogP contribution in [0.15, 0.2) is 59.5 Å². The Labute approximate surface area is 185 Å². The summed E-state index contributed by atoms with van der Waals surface area (Å²) in [5.41, 5.74) is 2.52. The summed E-state index contributed by atoms with van der Waals surface area (Å²) in [5, 5.41) is 3.46. The molecule has 1 aliphatic rings. The minimum absolute atomic E-state index is 0.0868. The summed E-state index contributed by atoms with van der Waals surface area (Å²) in [6.45, 7) is 4.64. The molecule has 160 valence electrons. The van der Waals surface area contributed by atoms with Gasteiger partial charge in [0.25, 0.3) is 11.5 Å². The Hall–Kier alpha value is -3.25. The first-order valence-electron chi connectivity index (χ1n) is 10.2. The van der Waals surface area contributed by atoms with Gasteiger partial charge in [0.05, 0.1) is 24.4 Å². The van der Waals surface area contributed by atoms with Gasteiger partial charge in [-0.15, -0.1) is 0 Å². The van der Waals surface area contributed by atoms with E-state index in [-0.39, 0.29) is 24.1 Å². The molecule has 0 bridgehead atoms. The van der Waals surface area contributed by atoms with Crippen LogP contribution in [-0.4, -0.2) is 23.2 Å². The van der Waals surface area contributed by atoms with E-state index in [0.717, 1.165) is 23.3 Å². The molecule has 3 aromatic rings. The molecule has 0 radical (unpaired) electrons. The highest BCUT2D eigenvalue weighted by Crippen LogP contribution is 2.38. The number of fused-ring (bicyclic) bond motifs is 1. The van der Waals surface area contributed by atoms with Gasteiger partial charge in [-0.05, 0) is 37.6 Å². The maximum Gasteiger partial charge on any atom is 0.257 e. The molecule has 2 aromatic carbocycles. The molecule has 0 saturated heterocycles. The molecule has 1 N–H and O–H groups in total. The van der Waals surface area contributed by atoms with Crippen LogP contribution in [-0.2, 0) is 13.0 Å². The summed E-state index contributed by atoms with van der Waals surface area (Å²) < 4.78 is 13.0. The number of amides is 1. The van der Waals surface area contributed by atoms with E-state index in [4.69, 9.17) is 21.1 Å². The molecule has 0 aliphatic carbocycles. The van der Waals surface area contributed by atoms with Crippen molar-refractivity contribution in [2.45, 2.75) is 32.9 Å². The van der Waals surface area contributed by atoms with Crippen LogP contribution in [0.3, 0.4) is 0 Å². The summed E-state index contributed by atoms with van der Waals surface area (Å²) >= 11 is 6.22. The number of nitrogens with one attached hydrogen (secondary N) is 1. The van der Waals surface area contributed by atoms with Crippen LogP contribution < -0.4 is 20.3 Å². The lowest BCUT2D eigenvalue weighted by Gasteiger charge is -2.14. The molecule has 2 heterocycles. The van der Waals surface area contributed by atoms with E-state index in [0.29, 0.717) is 28.6 Å². The molecular formula is C24H23ClN2O4. The molecule has 4 rings (SSSR count). The molecular weight excluding hydrogens is 416 g/mol. The highest BCUT2D eigenvalue weighted by atomic mass is 35.5. The first kappa shape index (κ1) is 21.0. The summed E-state index contributed by atoms with van der Waals surface area (Å²) in [6, 6.07) is 13.9. The molecule has 1 unspecified atom stereocenters. The Morgan fingerprint density at radius 1 is 1.26 bits per heavy atom. The second-order valence-corrected chi connectivity index (χ2v) is 7.86. The molecule has 1 amide bonds. The van der Waals surface area contributed by atoms with Gasteiger partial charge in [-0.1, -0.05) is 29.8 Å². The summed E-state index contributed by atoms with van der Waals surface area (Å²) in [4.78, 5) is 25.3. The number of halogens is 1. The molecule has 0 saturated carbocycles. The van der Waals surface area contributed by atoms with Crippen LogP contribution in [0.4, 0.5) is 5.69 Å². The second kappa shape index (κ2) is 8.86. The van der Waals surface area contributed by atoms with Gasteiger partial charge in [0.2, 0.25) is 0 Å². The van der Waals surface area contributed by atoms with Gasteiger partial charge in [-0.25, -0.2) is 0 Å². The van der Waals surface area contributed by atoms with Crippen molar-refractivity contribution < 1.29 is 14.3 Å². The molecule has 0 fully saturated rings. The molecule has 7 heteroatoms. The fourth-order valence-electron chi connectivity index (χ4n) is 3.61. The zero-order chi connectivity index (χ0) is 22.0. The Balaban J connectivity index is 1.60. The minimum Gasteiger partial charge on any atom is -0.492 e. The monoisotopic (exact) mass is 438 g/mol. The fraction of sp³-hybridized carbons (Fsp3) is 0.250. The molecule has 1 aliphatic heterocycles. The third-order valence-corrected chi connectivity index (χ3v) is 5.46. The maximum absolute atomic E-state index is 13.0. The first-order chi connectivity index (χ1) is 14.9. The number of pyridine rings is 1. The Kier molecular flexibility index (Phi) is 6.00. The van der Waals surface area contributed by atoms with Crippen molar-refractivity contribution in [1.82, 2.24) is 4.57 Å². The van der Waals surface area contributed by atoms with Crippen molar-refractivity contribution in [3.8, 4) is 11.5 Å². The zero-order valence-corrected chi connectivity index (χ0v) is 18.1. The lowest BCUT2D eigenvalue weighted by atomic mass is 10.1. The van der Waals surface area contributed by atoms with Crippen LogP contribution in [0.1, 0.15) is 35.3 Å². The average molecular weight is 439 g/mol. The Morgan fingerprint density at radius 2 is 2.06 bits per heavy atom. The van der Waals surface area contributed by atoms with Gasteiger partial charge in [0.1, 0.15) is 17.6 Å². The number of aromatic nitrogens is 1. The maximum atomic E-state index is 13.0. The van der Waals surface area contributed by atoms with E-state index in [1.807, 2.05) is 38.1 Å². The fourth-order valence-corrected chi connectivity index (χ4v) is 3.80. The highest BCUT2D eigenvalue weighted by Gasteiger charge is 2.23. The standard InChI is InChI=1S/C24H23ClN2O4/c1-3-30-22-11-18-10-15(2)31-21(18)12-20(22)26-24(29)17-8-9-23(28)27(14-17)13-16-6-4-5-7-19(16)25/h4-9,11-12,14-15H,3,10,13H2,1-2H3,(H,26,29). The van der Waals surface area contributed by atoms with E-state index in [9.17, 15) is 9.59 Å². The quantitative estimate of drug-likeness (QED) is 0.614. The molecule has 6 nitrogen and oxygen atoms in total.